The van der Waals surface area contributed by atoms with Gasteiger partial charge >= 0.3 is 0 Å². The highest BCUT2D eigenvalue weighted by atomic mass is 16.1. The van der Waals surface area contributed by atoms with Crippen molar-refractivity contribution in [2.75, 3.05) is 5.73 Å². The van der Waals surface area contributed by atoms with Gasteiger partial charge in [0.1, 0.15) is 16.9 Å². The average molecular weight is 425 g/mol. The van der Waals surface area contributed by atoms with Crippen molar-refractivity contribution in [1.82, 2.24) is 24.9 Å². The van der Waals surface area contributed by atoms with Crippen LogP contribution >= 0.6 is 0 Å². The first kappa shape index (κ1) is 19.7. The number of amides is 1. The quantitative estimate of drug-likeness (QED) is 0.368. The van der Waals surface area contributed by atoms with Gasteiger partial charge in [0.05, 0.1) is 17.2 Å². The average Bonchev–Trinajstić information content (AvgIpc) is 3.33. The molecule has 0 saturated heterocycles. The fraction of sp³-hybridized carbons (Fsp3) is 0.167. The molecule has 32 heavy (non-hydrogen) atoms. The van der Waals surface area contributed by atoms with Crippen LogP contribution in [0.25, 0.3) is 33.1 Å². The molecule has 2 aromatic carbocycles. The summed E-state index contributed by atoms with van der Waals surface area (Å²) in [5, 5.41) is 8.62. The van der Waals surface area contributed by atoms with Gasteiger partial charge in [-0.1, -0.05) is 37.3 Å². The van der Waals surface area contributed by atoms with Crippen LogP contribution in [0.5, 0.6) is 0 Å². The number of nitrogens with zero attached hydrogens (tertiary/aromatic N) is 4. The van der Waals surface area contributed by atoms with E-state index in [-0.39, 0.29) is 23.3 Å². The summed E-state index contributed by atoms with van der Waals surface area (Å²) in [5.74, 6) is -0.0836. The second kappa shape index (κ2) is 7.81. The fourth-order valence-electron chi connectivity index (χ4n) is 3.71. The second-order valence-corrected chi connectivity index (χ2v) is 7.77. The number of fused-ring (bicyclic) bond motifs is 3. The van der Waals surface area contributed by atoms with Gasteiger partial charge in [-0.2, -0.15) is 9.78 Å². The Balaban J connectivity index is 1.69. The van der Waals surface area contributed by atoms with Crippen LogP contribution in [0.1, 0.15) is 36.2 Å². The lowest BCUT2D eigenvalue weighted by molar-refractivity contribution is 0.0941. The van der Waals surface area contributed by atoms with E-state index in [4.69, 9.17) is 15.7 Å². The van der Waals surface area contributed by atoms with Gasteiger partial charge in [0, 0.05) is 28.7 Å². The summed E-state index contributed by atoms with van der Waals surface area (Å²) in [5.41, 5.74) is 10.9. The lowest BCUT2D eigenvalue weighted by atomic mass is 10.2. The maximum atomic E-state index is 13.1. The van der Waals surface area contributed by atoms with Gasteiger partial charge < -0.3 is 16.0 Å². The fourth-order valence-corrected chi connectivity index (χ4v) is 3.71. The van der Waals surface area contributed by atoms with Crippen molar-refractivity contribution in [3.8, 4) is 0 Å². The predicted molar refractivity (Wildman–Crippen MR) is 128 cm³/mol. The number of aromatic amines is 1. The number of aromatic nitrogens is 4. The molecule has 0 spiro atoms. The standard InChI is InChI=1S/C24H23N7O/c1-3-14(2)28-24(32)20-21-23(30-19-11-7-6-10-18(19)29-21)31(22(20)25)27-13-15-12-26-17-9-5-4-8-16(15)17/h4-14,26H,3,25H2,1-2H3,(H,28,32)/b27-13+. The summed E-state index contributed by atoms with van der Waals surface area (Å²) < 4.78 is 1.49. The van der Waals surface area contributed by atoms with Crippen molar-refractivity contribution < 1.29 is 4.79 Å². The third kappa shape index (κ3) is 3.26. The Hall–Kier alpha value is -4.20. The summed E-state index contributed by atoms with van der Waals surface area (Å²) in [6.45, 7) is 3.96. The minimum Gasteiger partial charge on any atom is -0.383 e. The SMILES string of the molecule is CCC(C)NC(=O)c1c(N)n(/N=C/c2c[nH]c3ccccc23)c2nc3ccccc3nc12. The normalized spacial score (nSPS) is 12.8. The molecule has 4 N–H and O–H groups in total. The molecular formula is C24H23N7O. The molecule has 0 fully saturated rings. The number of H-pyrrole nitrogens is 1. The lowest BCUT2D eigenvalue weighted by Crippen LogP contribution is -2.32. The Morgan fingerprint density at radius 2 is 1.91 bits per heavy atom. The number of nitrogens with one attached hydrogen (secondary N) is 2. The van der Waals surface area contributed by atoms with Crippen molar-refractivity contribution in [2.45, 2.75) is 26.3 Å². The van der Waals surface area contributed by atoms with Gasteiger partial charge in [-0.05, 0) is 31.5 Å². The molecule has 5 aromatic rings. The Morgan fingerprint density at radius 1 is 1.19 bits per heavy atom. The topological polar surface area (TPSA) is 114 Å². The summed E-state index contributed by atoms with van der Waals surface area (Å²) >= 11 is 0. The molecule has 1 amide bonds. The maximum absolute atomic E-state index is 13.1. The van der Waals surface area contributed by atoms with Crippen LogP contribution in [-0.4, -0.2) is 37.8 Å². The Morgan fingerprint density at radius 3 is 2.69 bits per heavy atom. The van der Waals surface area contributed by atoms with Gasteiger partial charge in [-0.15, -0.1) is 0 Å². The number of para-hydroxylation sites is 3. The van der Waals surface area contributed by atoms with E-state index in [0.717, 1.165) is 22.9 Å². The van der Waals surface area contributed by atoms with Gasteiger partial charge in [-0.3, -0.25) is 4.79 Å². The first-order valence-electron chi connectivity index (χ1n) is 10.5. The minimum absolute atomic E-state index is 0.00318. The van der Waals surface area contributed by atoms with E-state index in [1.807, 2.05) is 68.6 Å². The minimum atomic E-state index is -0.285. The number of hydrogen-bond donors (Lipinski definition) is 3. The zero-order chi connectivity index (χ0) is 22.2. The molecule has 1 atom stereocenters. The molecule has 160 valence electrons. The second-order valence-electron chi connectivity index (χ2n) is 7.77. The van der Waals surface area contributed by atoms with Crippen molar-refractivity contribution in [3.05, 3.63) is 65.9 Å². The summed E-state index contributed by atoms with van der Waals surface area (Å²) in [6.07, 6.45) is 4.40. The summed E-state index contributed by atoms with van der Waals surface area (Å²) in [7, 11) is 0. The molecule has 0 aliphatic rings. The molecule has 0 aliphatic heterocycles. The summed E-state index contributed by atoms with van der Waals surface area (Å²) in [6, 6.07) is 15.5. The van der Waals surface area contributed by atoms with E-state index in [0.29, 0.717) is 22.2 Å². The number of anilines is 1. The Kier molecular flexibility index (Phi) is 4.82. The zero-order valence-corrected chi connectivity index (χ0v) is 17.8. The third-order valence-electron chi connectivity index (χ3n) is 5.62. The molecule has 5 rings (SSSR count). The number of benzene rings is 2. The molecule has 0 radical (unpaired) electrons. The van der Waals surface area contributed by atoms with E-state index in [2.05, 4.69) is 15.4 Å². The van der Waals surface area contributed by atoms with Crippen LogP contribution in [0.3, 0.4) is 0 Å². The maximum Gasteiger partial charge on any atom is 0.257 e. The number of nitrogen functional groups attached to an aromatic ring is 1. The Bertz CT molecular complexity index is 1490. The number of hydrogen-bond acceptors (Lipinski definition) is 5. The Labute approximate surface area is 184 Å². The van der Waals surface area contributed by atoms with Gasteiger partial charge in [0.15, 0.2) is 5.65 Å². The van der Waals surface area contributed by atoms with Crippen LogP contribution in [-0.2, 0) is 0 Å². The zero-order valence-electron chi connectivity index (χ0n) is 17.8. The molecule has 3 heterocycles. The van der Waals surface area contributed by atoms with Crippen LogP contribution in [0.2, 0.25) is 0 Å². The highest BCUT2D eigenvalue weighted by molar-refractivity contribution is 6.11. The van der Waals surface area contributed by atoms with E-state index < -0.39 is 0 Å². The highest BCUT2D eigenvalue weighted by Crippen LogP contribution is 2.28. The van der Waals surface area contributed by atoms with Crippen molar-refractivity contribution in [3.63, 3.8) is 0 Å². The molecular weight excluding hydrogens is 402 g/mol. The first-order chi connectivity index (χ1) is 15.6. The van der Waals surface area contributed by atoms with E-state index in [1.165, 1.54) is 4.68 Å². The van der Waals surface area contributed by atoms with Crippen LogP contribution < -0.4 is 11.1 Å². The molecule has 0 aliphatic carbocycles. The lowest BCUT2D eigenvalue weighted by Gasteiger charge is -2.11. The van der Waals surface area contributed by atoms with E-state index >= 15 is 0 Å². The molecule has 0 saturated carbocycles. The number of carbonyl (C=O) groups is 1. The van der Waals surface area contributed by atoms with Crippen LogP contribution in [0.15, 0.2) is 59.8 Å². The monoisotopic (exact) mass is 425 g/mol. The van der Waals surface area contributed by atoms with Crippen LogP contribution in [0, 0.1) is 0 Å². The number of rotatable bonds is 5. The van der Waals surface area contributed by atoms with E-state index in [1.54, 1.807) is 6.21 Å². The van der Waals surface area contributed by atoms with E-state index in [9.17, 15) is 4.79 Å². The highest BCUT2D eigenvalue weighted by Gasteiger charge is 2.24. The van der Waals surface area contributed by atoms with Crippen molar-refractivity contribution in [2.24, 2.45) is 5.10 Å². The summed E-state index contributed by atoms with van der Waals surface area (Å²) in [4.78, 5) is 25.7. The van der Waals surface area contributed by atoms with Crippen molar-refractivity contribution >= 4 is 51.0 Å². The smallest absolute Gasteiger partial charge is 0.257 e. The largest absolute Gasteiger partial charge is 0.383 e. The molecule has 8 heteroatoms. The van der Waals surface area contributed by atoms with Gasteiger partial charge in [0.2, 0.25) is 0 Å². The van der Waals surface area contributed by atoms with Gasteiger partial charge in [0.25, 0.3) is 5.91 Å². The molecule has 3 aromatic heterocycles. The third-order valence-corrected chi connectivity index (χ3v) is 5.62. The molecule has 8 nitrogen and oxygen atoms in total. The first-order valence-corrected chi connectivity index (χ1v) is 10.5. The molecule has 0 bridgehead atoms. The van der Waals surface area contributed by atoms with Crippen molar-refractivity contribution in [1.29, 1.82) is 0 Å². The predicted octanol–water partition coefficient (Wildman–Crippen LogP) is 4.06. The number of nitrogens with two attached hydrogens (primary N) is 1. The number of carbonyl (C=O) groups excluding carboxylic acids is 1. The van der Waals surface area contributed by atoms with Gasteiger partial charge in [-0.25, -0.2) is 9.97 Å². The van der Waals surface area contributed by atoms with Crippen LogP contribution in [0.4, 0.5) is 5.82 Å². The molecule has 1 unspecified atom stereocenters.